The highest BCUT2D eigenvalue weighted by Crippen LogP contribution is 2.36. The van der Waals surface area contributed by atoms with E-state index in [1.165, 1.54) is 18.9 Å². The molecule has 1 aliphatic rings. The van der Waals surface area contributed by atoms with Crippen molar-refractivity contribution in [3.05, 3.63) is 29.6 Å². The fourth-order valence-corrected chi connectivity index (χ4v) is 1.92. The molecule has 1 fully saturated rings. The molecule has 1 atom stereocenters. The first-order valence-electron chi connectivity index (χ1n) is 6.34. The molecule has 1 saturated carbocycles. The van der Waals surface area contributed by atoms with Gasteiger partial charge in [0, 0.05) is 0 Å². The molecule has 0 bridgehead atoms. The highest BCUT2D eigenvalue weighted by atomic mass is 19.1. The predicted molar refractivity (Wildman–Crippen MR) is 67.9 cm³/mol. The zero-order chi connectivity index (χ0) is 12.6. The molecule has 0 amide bonds. The van der Waals surface area contributed by atoms with Gasteiger partial charge in [-0.25, -0.2) is 4.39 Å². The summed E-state index contributed by atoms with van der Waals surface area (Å²) >= 11 is 0. The van der Waals surface area contributed by atoms with Crippen molar-refractivity contribution in [2.24, 2.45) is 5.92 Å². The van der Waals surface area contributed by atoms with E-state index in [1.54, 1.807) is 0 Å². The third-order valence-corrected chi connectivity index (χ3v) is 3.40. The van der Waals surface area contributed by atoms with Gasteiger partial charge >= 0.3 is 0 Å². The molecule has 17 heavy (non-hydrogen) atoms. The fraction of sp³-hybridized carbons (Fsp3) is 0.600. The molecule has 0 aromatic heterocycles. The lowest BCUT2D eigenvalue weighted by Gasteiger charge is -2.21. The SMILES string of the molecule is C[C@H](Oc1cc(C(C)(C)C)ccc1F)C1CC1. The van der Waals surface area contributed by atoms with Gasteiger partial charge in [0.2, 0.25) is 0 Å². The Morgan fingerprint density at radius 1 is 1.29 bits per heavy atom. The van der Waals surface area contributed by atoms with Crippen molar-refractivity contribution < 1.29 is 9.13 Å². The zero-order valence-electron chi connectivity index (χ0n) is 11.1. The molecular formula is C15H21FO. The lowest BCUT2D eigenvalue weighted by Crippen LogP contribution is -2.16. The average molecular weight is 236 g/mol. The minimum absolute atomic E-state index is 0.0224. The first-order valence-corrected chi connectivity index (χ1v) is 6.34. The molecule has 0 N–H and O–H groups in total. The summed E-state index contributed by atoms with van der Waals surface area (Å²) in [6.45, 7) is 8.39. The molecule has 2 rings (SSSR count). The number of hydrogen-bond donors (Lipinski definition) is 0. The standard InChI is InChI=1S/C15H21FO/c1-10(11-5-6-11)17-14-9-12(15(2,3)4)7-8-13(14)16/h7-11H,5-6H2,1-4H3/t10-/m0/s1. The van der Waals surface area contributed by atoms with E-state index in [9.17, 15) is 4.39 Å². The third kappa shape index (κ3) is 2.99. The van der Waals surface area contributed by atoms with Crippen LogP contribution in [0.2, 0.25) is 0 Å². The fourth-order valence-electron chi connectivity index (χ4n) is 1.92. The van der Waals surface area contributed by atoms with Gasteiger partial charge in [0.15, 0.2) is 11.6 Å². The summed E-state index contributed by atoms with van der Waals surface area (Å²) in [6, 6.07) is 5.19. The van der Waals surface area contributed by atoms with Crippen molar-refractivity contribution in [1.29, 1.82) is 0 Å². The average Bonchev–Trinajstić information content (AvgIpc) is 3.02. The maximum atomic E-state index is 13.7. The summed E-state index contributed by atoms with van der Waals surface area (Å²) in [5.41, 5.74) is 1.13. The summed E-state index contributed by atoms with van der Waals surface area (Å²) in [5.74, 6) is 0.759. The van der Waals surface area contributed by atoms with Gasteiger partial charge in [0.25, 0.3) is 0 Å². The van der Waals surface area contributed by atoms with Crippen molar-refractivity contribution in [2.45, 2.75) is 52.1 Å². The van der Waals surface area contributed by atoms with E-state index < -0.39 is 0 Å². The van der Waals surface area contributed by atoms with Crippen LogP contribution in [-0.4, -0.2) is 6.10 Å². The van der Waals surface area contributed by atoms with E-state index in [-0.39, 0.29) is 17.3 Å². The second kappa shape index (κ2) is 4.32. The Bertz CT molecular complexity index is 402. The molecule has 0 radical (unpaired) electrons. The Hall–Kier alpha value is -1.05. The van der Waals surface area contributed by atoms with Gasteiger partial charge in [0.05, 0.1) is 6.10 Å². The van der Waals surface area contributed by atoms with Gasteiger partial charge in [-0.3, -0.25) is 0 Å². The van der Waals surface area contributed by atoms with Crippen LogP contribution in [0.1, 0.15) is 46.1 Å². The molecule has 0 spiro atoms. The first kappa shape index (κ1) is 12.4. The lowest BCUT2D eigenvalue weighted by atomic mass is 9.87. The molecule has 1 nitrogen and oxygen atoms in total. The highest BCUT2D eigenvalue weighted by Gasteiger charge is 2.30. The molecule has 2 heteroatoms. The minimum Gasteiger partial charge on any atom is -0.487 e. The van der Waals surface area contributed by atoms with Crippen LogP contribution in [0.15, 0.2) is 18.2 Å². The highest BCUT2D eigenvalue weighted by molar-refractivity contribution is 5.34. The first-order chi connectivity index (χ1) is 7.88. The molecule has 1 aromatic carbocycles. The number of halogens is 1. The van der Waals surface area contributed by atoms with Crippen molar-refractivity contribution in [3.8, 4) is 5.75 Å². The van der Waals surface area contributed by atoms with Crippen molar-refractivity contribution in [1.82, 2.24) is 0 Å². The number of benzene rings is 1. The van der Waals surface area contributed by atoms with E-state index in [1.807, 2.05) is 19.1 Å². The summed E-state index contributed by atoms with van der Waals surface area (Å²) in [5, 5.41) is 0. The van der Waals surface area contributed by atoms with Gasteiger partial charge in [-0.2, -0.15) is 0 Å². The largest absolute Gasteiger partial charge is 0.487 e. The van der Waals surface area contributed by atoms with Crippen LogP contribution in [-0.2, 0) is 5.41 Å². The van der Waals surface area contributed by atoms with Crippen LogP contribution in [0.25, 0.3) is 0 Å². The van der Waals surface area contributed by atoms with Crippen LogP contribution < -0.4 is 4.74 Å². The Morgan fingerprint density at radius 3 is 2.47 bits per heavy atom. The van der Waals surface area contributed by atoms with Gasteiger partial charge in [-0.15, -0.1) is 0 Å². The lowest BCUT2D eigenvalue weighted by molar-refractivity contribution is 0.189. The van der Waals surface area contributed by atoms with Crippen LogP contribution >= 0.6 is 0 Å². The molecule has 1 aliphatic carbocycles. The molecule has 0 heterocycles. The van der Waals surface area contributed by atoms with Crippen LogP contribution in [0.3, 0.4) is 0 Å². The Balaban J connectivity index is 2.19. The van der Waals surface area contributed by atoms with E-state index >= 15 is 0 Å². The van der Waals surface area contributed by atoms with E-state index in [2.05, 4.69) is 20.8 Å². The van der Waals surface area contributed by atoms with Crippen LogP contribution in [0.5, 0.6) is 5.75 Å². The minimum atomic E-state index is -0.259. The normalized spacial score (nSPS) is 17.9. The van der Waals surface area contributed by atoms with Crippen LogP contribution in [0.4, 0.5) is 4.39 Å². The number of ether oxygens (including phenoxy) is 1. The van der Waals surface area contributed by atoms with E-state index in [0.717, 1.165) is 5.56 Å². The van der Waals surface area contributed by atoms with Crippen molar-refractivity contribution in [3.63, 3.8) is 0 Å². The topological polar surface area (TPSA) is 9.23 Å². The molecule has 94 valence electrons. The summed E-state index contributed by atoms with van der Waals surface area (Å²) in [7, 11) is 0. The molecule has 0 aliphatic heterocycles. The Labute approximate surface area is 103 Å². The number of rotatable bonds is 3. The smallest absolute Gasteiger partial charge is 0.165 e. The maximum Gasteiger partial charge on any atom is 0.165 e. The zero-order valence-corrected chi connectivity index (χ0v) is 11.1. The monoisotopic (exact) mass is 236 g/mol. The van der Waals surface area contributed by atoms with E-state index in [0.29, 0.717) is 11.7 Å². The Kier molecular flexibility index (Phi) is 3.15. The van der Waals surface area contributed by atoms with Crippen LogP contribution in [0, 0.1) is 11.7 Å². The number of hydrogen-bond acceptors (Lipinski definition) is 1. The maximum absolute atomic E-state index is 13.7. The quantitative estimate of drug-likeness (QED) is 0.760. The summed E-state index contributed by atoms with van der Waals surface area (Å²) in [4.78, 5) is 0. The predicted octanol–water partition coefficient (Wildman–Crippen LogP) is 4.30. The second-order valence-electron chi connectivity index (χ2n) is 6.06. The van der Waals surface area contributed by atoms with Gasteiger partial charge in [-0.05, 0) is 48.8 Å². The van der Waals surface area contributed by atoms with Crippen molar-refractivity contribution >= 4 is 0 Å². The molecular weight excluding hydrogens is 215 g/mol. The van der Waals surface area contributed by atoms with Gasteiger partial charge in [-0.1, -0.05) is 26.8 Å². The summed E-state index contributed by atoms with van der Waals surface area (Å²) in [6.07, 6.45) is 2.54. The molecule has 1 aromatic rings. The molecule has 0 unspecified atom stereocenters. The molecule has 0 saturated heterocycles. The van der Waals surface area contributed by atoms with E-state index in [4.69, 9.17) is 4.74 Å². The summed E-state index contributed by atoms with van der Waals surface area (Å²) < 4.78 is 19.4. The Morgan fingerprint density at radius 2 is 1.94 bits per heavy atom. The van der Waals surface area contributed by atoms with Gasteiger partial charge in [0.1, 0.15) is 0 Å². The van der Waals surface area contributed by atoms with Crippen molar-refractivity contribution in [2.75, 3.05) is 0 Å². The van der Waals surface area contributed by atoms with Gasteiger partial charge < -0.3 is 4.74 Å². The third-order valence-electron chi connectivity index (χ3n) is 3.40. The second-order valence-corrected chi connectivity index (χ2v) is 6.06.